The molecule has 0 unspecified atom stereocenters. The van der Waals surface area contributed by atoms with E-state index in [4.69, 9.17) is 4.74 Å². The van der Waals surface area contributed by atoms with Gasteiger partial charge in [0, 0.05) is 24.5 Å². The van der Waals surface area contributed by atoms with Gasteiger partial charge in [-0.1, -0.05) is 13.8 Å². The minimum atomic E-state index is -3.32. The molecule has 0 amide bonds. The molecule has 9 heteroatoms. The van der Waals surface area contributed by atoms with Gasteiger partial charge in [0.1, 0.15) is 11.8 Å². The van der Waals surface area contributed by atoms with Crippen LogP contribution >= 0.6 is 0 Å². The van der Waals surface area contributed by atoms with Crippen LogP contribution in [0.1, 0.15) is 19.4 Å². The summed E-state index contributed by atoms with van der Waals surface area (Å²) in [6.07, 6.45) is 2.78. The van der Waals surface area contributed by atoms with Crippen LogP contribution < -0.4 is 14.4 Å². The first-order valence-electron chi connectivity index (χ1n) is 9.98. The van der Waals surface area contributed by atoms with Gasteiger partial charge in [-0.2, -0.15) is 5.26 Å². The average Bonchev–Trinajstić information content (AvgIpc) is 2.77. The van der Waals surface area contributed by atoms with E-state index in [1.165, 1.54) is 11.4 Å². The second kappa shape index (κ2) is 9.66. The number of sulfonamides is 1. The average molecular weight is 452 g/mol. The number of anilines is 3. The zero-order chi connectivity index (χ0) is 23.3. The molecule has 0 fully saturated rings. The molecule has 0 saturated heterocycles. The molecule has 0 bridgehead atoms. The van der Waals surface area contributed by atoms with Gasteiger partial charge >= 0.3 is 0 Å². The monoisotopic (exact) mass is 451 g/mol. The highest BCUT2D eigenvalue weighted by atomic mass is 32.2. The Balaban J connectivity index is 1.79. The largest absolute Gasteiger partial charge is 0.492 e. The van der Waals surface area contributed by atoms with E-state index >= 15 is 0 Å². The highest BCUT2D eigenvalue weighted by molar-refractivity contribution is 7.92. The first-order valence-corrected chi connectivity index (χ1v) is 11.8. The lowest BCUT2D eigenvalue weighted by atomic mass is 10.1. The Labute approximate surface area is 188 Å². The summed E-state index contributed by atoms with van der Waals surface area (Å²) in [7, 11) is -1.83. The number of hydrogen-bond donors (Lipinski definition) is 1. The third kappa shape index (κ3) is 5.74. The second-order valence-corrected chi connectivity index (χ2v) is 9.71. The fourth-order valence-corrected chi connectivity index (χ4v) is 3.32. The quantitative estimate of drug-likeness (QED) is 0.547. The second-order valence-electron chi connectivity index (χ2n) is 7.70. The van der Waals surface area contributed by atoms with Crippen LogP contribution in [0.25, 0.3) is 11.3 Å². The van der Waals surface area contributed by atoms with Crippen molar-refractivity contribution in [1.29, 1.82) is 5.26 Å². The van der Waals surface area contributed by atoms with Crippen molar-refractivity contribution in [2.45, 2.75) is 13.8 Å². The lowest BCUT2D eigenvalue weighted by molar-refractivity contribution is 0.270. The molecular formula is C23H25N5O3S. The molecule has 32 heavy (non-hydrogen) atoms. The maximum atomic E-state index is 11.7. The lowest BCUT2D eigenvalue weighted by Crippen LogP contribution is -2.24. The van der Waals surface area contributed by atoms with Crippen molar-refractivity contribution in [2.75, 3.05) is 29.5 Å². The summed E-state index contributed by atoms with van der Waals surface area (Å²) in [5.41, 5.74) is 3.14. The van der Waals surface area contributed by atoms with Crippen LogP contribution in [0, 0.1) is 17.2 Å². The van der Waals surface area contributed by atoms with Crippen LogP contribution in [0.4, 0.5) is 17.3 Å². The molecule has 0 aliphatic heterocycles. The van der Waals surface area contributed by atoms with Gasteiger partial charge < -0.3 is 10.1 Å². The SMILES string of the molecule is CC(C)COc1ccc(-c2ccnc(Nc3ccc(N(C)S(C)(=O)=O)cc3)n2)cc1C#N. The van der Waals surface area contributed by atoms with Crippen LogP contribution in [0.3, 0.4) is 0 Å². The van der Waals surface area contributed by atoms with Gasteiger partial charge in [-0.15, -0.1) is 0 Å². The molecule has 0 aliphatic carbocycles. The van der Waals surface area contributed by atoms with E-state index in [9.17, 15) is 13.7 Å². The van der Waals surface area contributed by atoms with Crippen molar-refractivity contribution >= 4 is 27.3 Å². The highest BCUT2D eigenvalue weighted by Crippen LogP contribution is 2.27. The molecule has 2 aromatic carbocycles. The smallest absolute Gasteiger partial charge is 0.231 e. The molecule has 0 saturated carbocycles. The van der Waals surface area contributed by atoms with Crippen molar-refractivity contribution in [1.82, 2.24) is 9.97 Å². The Morgan fingerprint density at radius 3 is 2.50 bits per heavy atom. The van der Waals surface area contributed by atoms with Crippen molar-refractivity contribution in [2.24, 2.45) is 5.92 Å². The summed E-state index contributed by atoms with van der Waals surface area (Å²) < 4.78 is 30.3. The fraction of sp³-hybridized carbons (Fsp3) is 0.261. The summed E-state index contributed by atoms with van der Waals surface area (Å²) in [4.78, 5) is 8.78. The van der Waals surface area contributed by atoms with Gasteiger partial charge in [0.15, 0.2) is 0 Å². The molecule has 166 valence electrons. The molecule has 1 aromatic heterocycles. The molecule has 8 nitrogen and oxygen atoms in total. The summed E-state index contributed by atoms with van der Waals surface area (Å²) in [6.45, 7) is 4.63. The zero-order valence-corrected chi connectivity index (χ0v) is 19.2. The molecule has 0 atom stereocenters. The number of hydrogen-bond acceptors (Lipinski definition) is 7. The molecule has 0 radical (unpaired) electrons. The summed E-state index contributed by atoms with van der Waals surface area (Å²) >= 11 is 0. The van der Waals surface area contributed by atoms with E-state index in [1.807, 2.05) is 19.9 Å². The number of nitriles is 1. The van der Waals surface area contributed by atoms with E-state index < -0.39 is 10.0 Å². The first-order chi connectivity index (χ1) is 15.2. The van der Waals surface area contributed by atoms with Crippen molar-refractivity contribution in [3.63, 3.8) is 0 Å². The third-order valence-electron chi connectivity index (χ3n) is 4.61. The predicted octanol–water partition coefficient (Wildman–Crippen LogP) is 4.19. The fourth-order valence-electron chi connectivity index (χ4n) is 2.81. The molecular weight excluding hydrogens is 426 g/mol. The van der Waals surface area contributed by atoms with E-state index in [1.54, 1.807) is 48.7 Å². The van der Waals surface area contributed by atoms with Crippen molar-refractivity contribution in [3.05, 3.63) is 60.3 Å². The van der Waals surface area contributed by atoms with Gasteiger partial charge in [-0.3, -0.25) is 4.31 Å². The van der Waals surface area contributed by atoms with Gasteiger partial charge in [0.2, 0.25) is 16.0 Å². The maximum Gasteiger partial charge on any atom is 0.231 e. The van der Waals surface area contributed by atoms with Gasteiger partial charge in [-0.05, 0) is 54.4 Å². The lowest BCUT2D eigenvalue weighted by Gasteiger charge is -2.17. The number of nitrogens with one attached hydrogen (secondary N) is 1. The number of nitrogens with zero attached hydrogens (tertiary/aromatic N) is 4. The summed E-state index contributed by atoms with van der Waals surface area (Å²) in [5, 5.41) is 12.6. The number of rotatable bonds is 8. The van der Waals surface area contributed by atoms with Crippen LogP contribution in [-0.4, -0.2) is 38.3 Å². The van der Waals surface area contributed by atoms with Gasteiger partial charge in [0.05, 0.1) is 29.8 Å². The molecule has 1 N–H and O–H groups in total. The van der Waals surface area contributed by atoms with Crippen LogP contribution in [-0.2, 0) is 10.0 Å². The molecule has 0 spiro atoms. The third-order valence-corrected chi connectivity index (χ3v) is 5.81. The first kappa shape index (κ1) is 23.0. The van der Waals surface area contributed by atoms with E-state index in [2.05, 4.69) is 21.4 Å². The van der Waals surface area contributed by atoms with E-state index in [-0.39, 0.29) is 0 Å². The van der Waals surface area contributed by atoms with Crippen molar-refractivity contribution in [3.8, 4) is 23.1 Å². The Hall–Kier alpha value is -3.64. The zero-order valence-electron chi connectivity index (χ0n) is 18.4. The van der Waals surface area contributed by atoms with E-state index in [0.29, 0.717) is 46.9 Å². The topological polar surface area (TPSA) is 108 Å². The number of benzene rings is 2. The predicted molar refractivity (Wildman–Crippen MR) is 125 cm³/mol. The highest BCUT2D eigenvalue weighted by Gasteiger charge is 2.12. The van der Waals surface area contributed by atoms with Crippen LogP contribution in [0.2, 0.25) is 0 Å². The van der Waals surface area contributed by atoms with Crippen LogP contribution in [0.15, 0.2) is 54.7 Å². The Morgan fingerprint density at radius 2 is 1.88 bits per heavy atom. The number of aromatic nitrogens is 2. The molecule has 1 heterocycles. The van der Waals surface area contributed by atoms with E-state index in [0.717, 1.165) is 11.8 Å². The van der Waals surface area contributed by atoms with Gasteiger partial charge in [-0.25, -0.2) is 18.4 Å². The standard InChI is InChI=1S/C23H25N5O3S/c1-16(2)15-31-22-10-5-17(13-18(22)14-24)21-11-12-25-23(27-21)26-19-6-8-20(9-7-19)28(3)32(4,29)30/h5-13,16H,15H2,1-4H3,(H,25,26,27). The Bertz CT molecular complexity index is 1240. The maximum absolute atomic E-state index is 11.7. The van der Waals surface area contributed by atoms with Crippen molar-refractivity contribution < 1.29 is 13.2 Å². The Kier molecular flexibility index (Phi) is 6.95. The molecule has 3 rings (SSSR count). The van der Waals surface area contributed by atoms with Gasteiger partial charge in [0.25, 0.3) is 0 Å². The summed E-state index contributed by atoms with van der Waals surface area (Å²) in [6, 6.07) is 16.2. The minimum absolute atomic E-state index is 0.359. The normalized spacial score (nSPS) is 11.1. The molecule has 0 aliphatic rings. The number of ether oxygens (including phenoxy) is 1. The summed E-state index contributed by atoms with van der Waals surface area (Å²) in [5.74, 6) is 1.29. The van der Waals surface area contributed by atoms with Crippen LogP contribution in [0.5, 0.6) is 5.75 Å². The Morgan fingerprint density at radius 1 is 1.16 bits per heavy atom. The minimum Gasteiger partial charge on any atom is -0.492 e. The molecule has 3 aromatic rings.